The summed E-state index contributed by atoms with van der Waals surface area (Å²) < 4.78 is 0.792. The summed E-state index contributed by atoms with van der Waals surface area (Å²) in [5.74, 6) is 0.721. The first-order valence-electron chi connectivity index (χ1n) is 5.08. The monoisotopic (exact) mass is 268 g/mol. The number of hydrogen-bond acceptors (Lipinski definition) is 2. The third-order valence-electron chi connectivity index (χ3n) is 2.50. The van der Waals surface area contributed by atoms with Crippen LogP contribution in [0.4, 0.5) is 5.69 Å². The van der Waals surface area contributed by atoms with Gasteiger partial charge in [-0.3, -0.25) is 4.79 Å². The normalized spacial score (nSPS) is 15.1. The number of amides is 1. The molecule has 0 aromatic carbocycles. The molecule has 1 saturated carbocycles. The third-order valence-corrected chi connectivity index (χ3v) is 2.94. The molecule has 0 unspecified atom stereocenters. The topological polar surface area (TPSA) is 42.0 Å². The largest absolute Gasteiger partial charge is 0.324 e. The summed E-state index contributed by atoms with van der Waals surface area (Å²) in [5, 5.41) is 2.89. The fourth-order valence-electron chi connectivity index (χ4n) is 1.45. The van der Waals surface area contributed by atoms with Gasteiger partial charge in [0.2, 0.25) is 5.91 Å². The zero-order valence-corrected chi connectivity index (χ0v) is 10.2. The summed E-state index contributed by atoms with van der Waals surface area (Å²) in [6.45, 7) is 1.89. The van der Waals surface area contributed by atoms with Crippen molar-refractivity contribution in [3.05, 3.63) is 22.4 Å². The van der Waals surface area contributed by atoms with Gasteiger partial charge in [0.1, 0.15) is 4.60 Å². The number of halogens is 1. The van der Waals surface area contributed by atoms with Gasteiger partial charge in [-0.25, -0.2) is 4.98 Å². The predicted octanol–water partition coefficient (Wildman–Crippen LogP) is 2.89. The van der Waals surface area contributed by atoms with Crippen molar-refractivity contribution in [2.24, 2.45) is 5.92 Å². The van der Waals surface area contributed by atoms with Crippen LogP contribution in [-0.2, 0) is 4.79 Å². The van der Waals surface area contributed by atoms with Gasteiger partial charge in [-0.1, -0.05) is 0 Å². The van der Waals surface area contributed by atoms with Gasteiger partial charge in [-0.15, -0.1) is 0 Å². The van der Waals surface area contributed by atoms with Crippen LogP contribution in [0, 0.1) is 12.8 Å². The average molecular weight is 269 g/mol. The van der Waals surface area contributed by atoms with Crippen LogP contribution in [0.2, 0.25) is 0 Å². The molecule has 4 heteroatoms. The van der Waals surface area contributed by atoms with Crippen molar-refractivity contribution < 1.29 is 4.79 Å². The molecule has 1 aliphatic carbocycles. The minimum absolute atomic E-state index is 0.102. The molecule has 0 atom stereocenters. The maximum absolute atomic E-state index is 11.5. The van der Waals surface area contributed by atoms with Crippen molar-refractivity contribution in [3.63, 3.8) is 0 Å². The van der Waals surface area contributed by atoms with Crippen molar-refractivity contribution >= 4 is 27.5 Å². The number of aromatic nitrogens is 1. The number of rotatable bonds is 3. The first-order chi connectivity index (χ1) is 7.15. The van der Waals surface area contributed by atoms with Crippen LogP contribution >= 0.6 is 15.9 Å². The summed E-state index contributed by atoms with van der Waals surface area (Å²) in [6.07, 6.45) is 3.05. The Hall–Kier alpha value is -0.900. The number of aryl methyl sites for hydroxylation is 1. The van der Waals surface area contributed by atoms with Crippen molar-refractivity contribution in [1.29, 1.82) is 0 Å². The summed E-state index contributed by atoms with van der Waals surface area (Å²) in [4.78, 5) is 15.8. The smallest absolute Gasteiger partial charge is 0.224 e. The highest BCUT2D eigenvalue weighted by Gasteiger charge is 2.24. The lowest BCUT2D eigenvalue weighted by Crippen LogP contribution is -2.13. The van der Waals surface area contributed by atoms with Crippen molar-refractivity contribution in [2.75, 3.05) is 5.32 Å². The van der Waals surface area contributed by atoms with E-state index in [4.69, 9.17) is 0 Å². The second-order valence-electron chi connectivity index (χ2n) is 3.96. The zero-order chi connectivity index (χ0) is 10.8. The number of hydrogen-bond donors (Lipinski definition) is 1. The molecule has 0 radical (unpaired) electrons. The lowest BCUT2D eigenvalue weighted by molar-refractivity contribution is -0.116. The highest BCUT2D eigenvalue weighted by molar-refractivity contribution is 9.10. The molecule has 1 aromatic heterocycles. The Morgan fingerprint density at radius 3 is 2.93 bits per heavy atom. The summed E-state index contributed by atoms with van der Waals surface area (Å²) in [7, 11) is 0. The van der Waals surface area contributed by atoms with E-state index < -0.39 is 0 Å². The minimum atomic E-state index is 0.102. The Labute approximate surface area is 97.4 Å². The predicted molar refractivity (Wildman–Crippen MR) is 62.6 cm³/mol. The highest BCUT2D eigenvalue weighted by Crippen LogP contribution is 2.32. The Kier molecular flexibility index (Phi) is 3.05. The Bertz CT molecular complexity index is 388. The molecule has 0 aliphatic heterocycles. The molecule has 1 amide bonds. The molecule has 0 spiro atoms. The van der Waals surface area contributed by atoms with Gasteiger partial charge in [-0.05, 0) is 53.7 Å². The molecule has 3 nitrogen and oxygen atoms in total. The van der Waals surface area contributed by atoms with Gasteiger partial charge in [0, 0.05) is 6.42 Å². The van der Waals surface area contributed by atoms with Crippen LogP contribution in [0.5, 0.6) is 0 Å². The summed E-state index contributed by atoms with van der Waals surface area (Å²) in [5.41, 5.74) is 1.65. The lowest BCUT2D eigenvalue weighted by Gasteiger charge is -2.07. The van der Waals surface area contributed by atoms with Crippen molar-refractivity contribution in [1.82, 2.24) is 4.98 Å². The van der Waals surface area contributed by atoms with Crippen LogP contribution in [0.3, 0.4) is 0 Å². The van der Waals surface area contributed by atoms with Crippen LogP contribution in [0.25, 0.3) is 0 Å². The van der Waals surface area contributed by atoms with Crippen LogP contribution in [0.15, 0.2) is 16.7 Å². The third kappa shape index (κ3) is 3.02. The molecule has 15 heavy (non-hydrogen) atoms. The summed E-state index contributed by atoms with van der Waals surface area (Å²) >= 11 is 3.29. The highest BCUT2D eigenvalue weighted by atomic mass is 79.9. The molecule has 0 saturated heterocycles. The number of nitrogens with zero attached hydrogens (tertiary/aromatic N) is 1. The molecule has 80 valence electrons. The maximum Gasteiger partial charge on any atom is 0.224 e. The molecule has 1 N–H and O–H groups in total. The molecule has 1 heterocycles. The Morgan fingerprint density at radius 2 is 2.33 bits per heavy atom. The minimum Gasteiger partial charge on any atom is -0.324 e. The van der Waals surface area contributed by atoms with Gasteiger partial charge in [0.15, 0.2) is 0 Å². The molecule has 1 aliphatic rings. The molecular weight excluding hydrogens is 256 g/mol. The zero-order valence-electron chi connectivity index (χ0n) is 8.59. The SMILES string of the molecule is Cc1nc(Br)ccc1NC(=O)CC1CC1. The fraction of sp³-hybridized carbons (Fsp3) is 0.455. The van der Waals surface area contributed by atoms with Crippen LogP contribution in [-0.4, -0.2) is 10.9 Å². The van der Waals surface area contributed by atoms with E-state index in [1.807, 2.05) is 19.1 Å². The average Bonchev–Trinajstić information content (AvgIpc) is 2.94. The second-order valence-corrected chi connectivity index (χ2v) is 4.78. The van der Waals surface area contributed by atoms with E-state index in [0.29, 0.717) is 12.3 Å². The Balaban J connectivity index is 1.99. The van der Waals surface area contributed by atoms with E-state index in [9.17, 15) is 4.79 Å². The van der Waals surface area contributed by atoms with Gasteiger partial charge >= 0.3 is 0 Å². The lowest BCUT2D eigenvalue weighted by atomic mass is 10.2. The molecule has 1 fully saturated rings. The number of carbonyl (C=O) groups excluding carboxylic acids is 1. The molecule has 1 aromatic rings. The summed E-state index contributed by atoms with van der Waals surface area (Å²) in [6, 6.07) is 3.71. The van der Waals surface area contributed by atoms with E-state index in [-0.39, 0.29) is 5.91 Å². The van der Waals surface area contributed by atoms with Crippen LogP contribution in [0.1, 0.15) is 25.0 Å². The van der Waals surface area contributed by atoms with Crippen molar-refractivity contribution in [2.45, 2.75) is 26.2 Å². The molecule has 2 rings (SSSR count). The van der Waals surface area contributed by atoms with E-state index in [0.717, 1.165) is 16.0 Å². The number of pyridine rings is 1. The van der Waals surface area contributed by atoms with Crippen molar-refractivity contribution in [3.8, 4) is 0 Å². The van der Waals surface area contributed by atoms with Gasteiger partial charge in [0.25, 0.3) is 0 Å². The van der Waals surface area contributed by atoms with Gasteiger partial charge in [0.05, 0.1) is 11.4 Å². The fourth-order valence-corrected chi connectivity index (χ4v) is 1.85. The number of anilines is 1. The Morgan fingerprint density at radius 1 is 1.60 bits per heavy atom. The van der Waals surface area contributed by atoms with Gasteiger partial charge in [-0.2, -0.15) is 0 Å². The number of nitrogens with one attached hydrogen (secondary N) is 1. The van der Waals surface area contributed by atoms with E-state index >= 15 is 0 Å². The van der Waals surface area contributed by atoms with Gasteiger partial charge < -0.3 is 5.32 Å². The van der Waals surface area contributed by atoms with Crippen LogP contribution < -0.4 is 5.32 Å². The van der Waals surface area contributed by atoms with E-state index in [1.54, 1.807) is 0 Å². The second kappa shape index (κ2) is 4.31. The molecular formula is C11H13BrN2O. The van der Waals surface area contributed by atoms with E-state index in [1.165, 1.54) is 12.8 Å². The maximum atomic E-state index is 11.5. The quantitative estimate of drug-likeness (QED) is 0.857. The molecule has 0 bridgehead atoms. The first-order valence-corrected chi connectivity index (χ1v) is 5.87. The number of carbonyl (C=O) groups is 1. The first kappa shape index (κ1) is 10.6. The van der Waals surface area contributed by atoms with E-state index in [2.05, 4.69) is 26.2 Å². The standard InChI is InChI=1S/C11H13BrN2O/c1-7-9(4-5-10(12)13-7)14-11(15)6-8-2-3-8/h4-5,8H,2-3,6H2,1H3,(H,14,15).